The number of carboxylic acids is 1. The minimum Gasteiger partial charge on any atom is -0.481 e. The van der Waals surface area contributed by atoms with E-state index in [1.54, 1.807) is 0 Å². The van der Waals surface area contributed by atoms with Gasteiger partial charge in [-0.25, -0.2) is 4.79 Å². The lowest BCUT2D eigenvalue weighted by molar-refractivity contribution is -0.138. The molecule has 10 heteroatoms. The van der Waals surface area contributed by atoms with E-state index in [-0.39, 0.29) is 50.2 Å². The van der Waals surface area contributed by atoms with Gasteiger partial charge in [-0.1, -0.05) is 48.5 Å². The molecule has 1 aliphatic carbocycles. The Labute approximate surface area is 195 Å². The molecule has 0 saturated carbocycles. The van der Waals surface area contributed by atoms with Crippen molar-refractivity contribution in [1.29, 1.82) is 0 Å². The number of carbonyl (C=O) groups is 3. The predicted octanol–water partition coefficient (Wildman–Crippen LogP) is 2.99. The number of anilines is 1. The molecule has 34 heavy (non-hydrogen) atoms. The van der Waals surface area contributed by atoms with Gasteiger partial charge < -0.3 is 19.9 Å². The van der Waals surface area contributed by atoms with Crippen LogP contribution in [0.5, 0.6) is 0 Å². The number of nitrogens with one attached hydrogen (secondary N) is 3. The zero-order valence-corrected chi connectivity index (χ0v) is 18.2. The second-order valence-electron chi connectivity index (χ2n) is 7.63. The van der Waals surface area contributed by atoms with Gasteiger partial charge in [-0.2, -0.15) is 5.10 Å². The summed E-state index contributed by atoms with van der Waals surface area (Å²) in [6.45, 7) is 0.619. The molecule has 4 N–H and O–H groups in total. The zero-order chi connectivity index (χ0) is 23.9. The van der Waals surface area contributed by atoms with Crippen LogP contribution in [0.3, 0.4) is 0 Å². The Balaban J connectivity index is 1.25. The maximum atomic E-state index is 12.3. The van der Waals surface area contributed by atoms with Gasteiger partial charge >= 0.3 is 12.1 Å². The largest absolute Gasteiger partial charge is 0.481 e. The van der Waals surface area contributed by atoms with Crippen molar-refractivity contribution in [3.05, 3.63) is 71.4 Å². The average molecular weight is 464 g/mol. The van der Waals surface area contributed by atoms with Gasteiger partial charge in [0.05, 0.1) is 19.6 Å². The second kappa shape index (κ2) is 10.6. The topological polar surface area (TPSA) is 143 Å². The quantitative estimate of drug-likeness (QED) is 0.338. The fourth-order valence-electron chi connectivity index (χ4n) is 3.83. The lowest BCUT2D eigenvalue weighted by Gasteiger charge is -2.14. The van der Waals surface area contributed by atoms with Crippen molar-refractivity contribution < 1.29 is 29.0 Å². The van der Waals surface area contributed by atoms with Crippen LogP contribution in [0.1, 0.15) is 34.0 Å². The summed E-state index contributed by atoms with van der Waals surface area (Å²) in [6, 6.07) is 17.5. The van der Waals surface area contributed by atoms with Crippen molar-refractivity contribution in [2.45, 2.75) is 12.3 Å². The van der Waals surface area contributed by atoms with Crippen molar-refractivity contribution in [3.63, 3.8) is 0 Å². The Morgan fingerprint density at radius 3 is 2.35 bits per heavy atom. The Morgan fingerprint density at radius 1 is 1.00 bits per heavy atom. The number of amides is 2. The summed E-state index contributed by atoms with van der Waals surface area (Å²) < 4.78 is 10.6. The molecule has 0 spiro atoms. The Hall–Kier alpha value is -4.18. The number of nitrogens with zero attached hydrogens (tertiary/aromatic N) is 1. The summed E-state index contributed by atoms with van der Waals surface area (Å²) in [6.07, 6.45) is -0.772. The monoisotopic (exact) mass is 464 g/mol. The van der Waals surface area contributed by atoms with E-state index in [0.717, 1.165) is 22.3 Å². The minimum absolute atomic E-state index is 0.0589. The molecule has 0 aliphatic heterocycles. The zero-order valence-electron chi connectivity index (χ0n) is 18.2. The van der Waals surface area contributed by atoms with Crippen LogP contribution in [0.4, 0.5) is 10.6 Å². The number of hydrogen-bond donors (Lipinski definition) is 4. The number of aromatic nitrogens is 2. The minimum atomic E-state index is -0.946. The molecule has 0 fully saturated rings. The molecular formula is C24H24N4O6. The Kier molecular flexibility index (Phi) is 7.19. The summed E-state index contributed by atoms with van der Waals surface area (Å²) in [7, 11) is 0. The van der Waals surface area contributed by atoms with Crippen molar-refractivity contribution >= 4 is 23.8 Å². The number of carbonyl (C=O) groups excluding carboxylic acids is 2. The first-order valence-electron chi connectivity index (χ1n) is 10.8. The van der Waals surface area contributed by atoms with E-state index in [4.69, 9.17) is 14.6 Å². The molecule has 0 saturated heterocycles. The van der Waals surface area contributed by atoms with Crippen molar-refractivity contribution in [2.24, 2.45) is 0 Å². The predicted molar refractivity (Wildman–Crippen MR) is 123 cm³/mol. The molecular weight excluding hydrogens is 440 g/mol. The number of fused-ring (bicyclic) bond motifs is 3. The first-order valence-corrected chi connectivity index (χ1v) is 10.8. The van der Waals surface area contributed by atoms with Crippen LogP contribution in [-0.4, -0.2) is 59.6 Å². The number of aliphatic carboxylic acids is 1. The number of aromatic amines is 1. The van der Waals surface area contributed by atoms with Crippen LogP contribution >= 0.6 is 0 Å². The molecule has 176 valence electrons. The summed E-state index contributed by atoms with van der Waals surface area (Å²) in [5.41, 5.74) is 4.66. The summed E-state index contributed by atoms with van der Waals surface area (Å²) >= 11 is 0. The maximum absolute atomic E-state index is 12.3. The van der Waals surface area contributed by atoms with E-state index in [1.165, 1.54) is 6.07 Å². The molecule has 0 atom stereocenters. The van der Waals surface area contributed by atoms with Crippen LogP contribution in [0.25, 0.3) is 11.1 Å². The molecule has 1 heterocycles. The van der Waals surface area contributed by atoms with Gasteiger partial charge in [0.1, 0.15) is 12.3 Å². The molecule has 2 aromatic carbocycles. The van der Waals surface area contributed by atoms with Crippen molar-refractivity contribution in [2.75, 3.05) is 31.7 Å². The highest BCUT2D eigenvalue weighted by atomic mass is 16.5. The Morgan fingerprint density at radius 2 is 1.68 bits per heavy atom. The van der Waals surface area contributed by atoms with Gasteiger partial charge in [0, 0.05) is 18.5 Å². The standard InChI is InChI=1S/C24H24N4O6/c29-22(30)9-11-33-12-10-25-23(31)20-13-21(28-27-20)26-24(32)34-14-19-17-7-3-1-5-15(17)16-6-2-4-8-18(16)19/h1-8,13,19H,9-12,14H2,(H,25,31)(H,29,30)(H2,26,27,28,32). The normalized spacial score (nSPS) is 12.0. The number of ether oxygens (including phenoxy) is 2. The highest BCUT2D eigenvalue weighted by molar-refractivity contribution is 5.94. The van der Waals surface area contributed by atoms with Crippen LogP contribution < -0.4 is 10.6 Å². The van der Waals surface area contributed by atoms with Gasteiger partial charge in [-0.3, -0.25) is 20.0 Å². The number of carboxylic acid groups (broad SMARTS) is 1. The van der Waals surface area contributed by atoms with Gasteiger partial charge in [0.15, 0.2) is 5.82 Å². The van der Waals surface area contributed by atoms with E-state index in [0.29, 0.717) is 0 Å². The summed E-state index contributed by atoms with van der Waals surface area (Å²) in [5.74, 6) is -1.29. The number of benzene rings is 2. The van der Waals surface area contributed by atoms with E-state index in [2.05, 4.69) is 33.0 Å². The van der Waals surface area contributed by atoms with Crippen LogP contribution in [0, 0.1) is 0 Å². The first kappa shape index (κ1) is 23.0. The van der Waals surface area contributed by atoms with Crippen molar-refractivity contribution in [1.82, 2.24) is 15.5 Å². The Bertz CT molecular complexity index is 1150. The van der Waals surface area contributed by atoms with E-state index in [9.17, 15) is 14.4 Å². The molecule has 10 nitrogen and oxygen atoms in total. The smallest absolute Gasteiger partial charge is 0.412 e. The summed E-state index contributed by atoms with van der Waals surface area (Å²) in [5, 5.41) is 20.1. The fourth-order valence-corrected chi connectivity index (χ4v) is 3.83. The van der Waals surface area contributed by atoms with Gasteiger partial charge in [0.25, 0.3) is 5.91 Å². The van der Waals surface area contributed by atoms with Crippen LogP contribution in [0.15, 0.2) is 54.6 Å². The van der Waals surface area contributed by atoms with Gasteiger partial charge in [0.2, 0.25) is 0 Å². The number of hydrogen-bond acceptors (Lipinski definition) is 6. The number of H-pyrrole nitrogens is 1. The summed E-state index contributed by atoms with van der Waals surface area (Å²) in [4.78, 5) is 34.9. The van der Waals surface area contributed by atoms with E-state index < -0.39 is 18.0 Å². The molecule has 3 aromatic rings. The first-order chi connectivity index (χ1) is 16.5. The third-order valence-corrected chi connectivity index (χ3v) is 5.39. The van der Waals surface area contributed by atoms with E-state index >= 15 is 0 Å². The maximum Gasteiger partial charge on any atom is 0.412 e. The third-order valence-electron chi connectivity index (χ3n) is 5.39. The lowest BCUT2D eigenvalue weighted by Crippen LogP contribution is -2.27. The highest BCUT2D eigenvalue weighted by Gasteiger charge is 2.29. The molecule has 0 radical (unpaired) electrons. The molecule has 2 amide bonds. The third kappa shape index (κ3) is 5.41. The number of rotatable bonds is 10. The van der Waals surface area contributed by atoms with Gasteiger partial charge in [-0.05, 0) is 22.3 Å². The molecule has 0 unspecified atom stereocenters. The fraction of sp³-hybridized carbons (Fsp3) is 0.250. The molecule has 4 rings (SSSR count). The SMILES string of the molecule is O=C(O)CCOCCNC(=O)c1cc(NC(=O)OCC2c3ccccc3-c3ccccc32)n[nH]1. The second-order valence-corrected chi connectivity index (χ2v) is 7.63. The molecule has 1 aliphatic rings. The van der Waals surface area contributed by atoms with Gasteiger partial charge in [-0.15, -0.1) is 0 Å². The van der Waals surface area contributed by atoms with Crippen LogP contribution in [0.2, 0.25) is 0 Å². The molecule has 0 bridgehead atoms. The van der Waals surface area contributed by atoms with E-state index in [1.807, 2.05) is 36.4 Å². The van der Waals surface area contributed by atoms with Crippen molar-refractivity contribution in [3.8, 4) is 11.1 Å². The lowest BCUT2D eigenvalue weighted by atomic mass is 9.98. The highest BCUT2D eigenvalue weighted by Crippen LogP contribution is 2.44. The molecule has 1 aromatic heterocycles. The average Bonchev–Trinajstić information content (AvgIpc) is 3.42. The van der Waals surface area contributed by atoms with Crippen LogP contribution in [-0.2, 0) is 14.3 Å².